The van der Waals surface area contributed by atoms with E-state index in [0.29, 0.717) is 0 Å². The van der Waals surface area contributed by atoms with E-state index < -0.39 is 8.80 Å². The van der Waals surface area contributed by atoms with E-state index in [2.05, 4.69) is 27.7 Å². The molecular formula is C23H49O3Si. The van der Waals surface area contributed by atoms with Crippen molar-refractivity contribution in [1.82, 2.24) is 0 Å². The van der Waals surface area contributed by atoms with Crippen LogP contribution < -0.4 is 0 Å². The highest BCUT2D eigenvalue weighted by atomic mass is 28.4. The van der Waals surface area contributed by atoms with Crippen molar-refractivity contribution in [2.24, 2.45) is 0 Å². The van der Waals surface area contributed by atoms with E-state index in [4.69, 9.17) is 13.3 Å². The van der Waals surface area contributed by atoms with E-state index in [0.717, 1.165) is 64.4 Å². The predicted octanol–water partition coefficient (Wildman–Crippen LogP) is 7.72. The van der Waals surface area contributed by atoms with E-state index in [1.54, 1.807) is 0 Å². The van der Waals surface area contributed by atoms with Gasteiger partial charge in [0.05, 0.1) is 0 Å². The summed E-state index contributed by atoms with van der Waals surface area (Å²) in [6.45, 7) is 13.1. The van der Waals surface area contributed by atoms with Crippen LogP contribution in [0.25, 0.3) is 0 Å². The Balaban J connectivity index is 4.61. The van der Waals surface area contributed by atoms with Crippen molar-refractivity contribution >= 4 is 8.80 Å². The Morgan fingerprint density at radius 1 is 0.519 bits per heavy atom. The number of hydrogen-bond donors (Lipinski definition) is 0. The smallest absolute Gasteiger partial charge is 0.373 e. The number of hydrogen-bond acceptors (Lipinski definition) is 3. The zero-order valence-electron chi connectivity index (χ0n) is 18.9. The van der Waals surface area contributed by atoms with E-state index in [1.807, 2.05) is 0 Å². The quantitative estimate of drug-likeness (QED) is 0.137. The van der Waals surface area contributed by atoms with Gasteiger partial charge in [0.1, 0.15) is 0 Å². The molecule has 0 aromatic heterocycles. The highest BCUT2D eigenvalue weighted by molar-refractivity contribution is 6.60. The highest BCUT2D eigenvalue weighted by Crippen LogP contribution is 2.22. The predicted molar refractivity (Wildman–Crippen MR) is 120 cm³/mol. The van der Waals surface area contributed by atoms with Crippen LogP contribution >= 0.6 is 0 Å². The molecule has 0 aromatic carbocycles. The fourth-order valence-corrected chi connectivity index (χ4v) is 5.86. The molecule has 163 valence electrons. The van der Waals surface area contributed by atoms with Gasteiger partial charge in [-0.25, -0.2) is 0 Å². The van der Waals surface area contributed by atoms with Crippen molar-refractivity contribution in [3.63, 3.8) is 0 Å². The molecule has 0 heterocycles. The van der Waals surface area contributed by atoms with Crippen LogP contribution in [0.5, 0.6) is 0 Å². The normalized spacial score (nSPS) is 12.0. The van der Waals surface area contributed by atoms with Crippen molar-refractivity contribution in [2.75, 3.05) is 19.8 Å². The van der Waals surface area contributed by atoms with Crippen LogP contribution in [0.15, 0.2) is 0 Å². The Kier molecular flexibility index (Phi) is 20.9. The van der Waals surface area contributed by atoms with Crippen molar-refractivity contribution in [3.05, 3.63) is 6.92 Å². The molecule has 0 fully saturated rings. The molecule has 1 radical (unpaired) electrons. The Labute approximate surface area is 172 Å². The highest BCUT2D eigenvalue weighted by Gasteiger charge is 2.40. The first kappa shape index (κ1) is 27.1. The first-order chi connectivity index (χ1) is 13.2. The molecule has 0 rings (SSSR count). The van der Waals surface area contributed by atoms with Crippen molar-refractivity contribution in [2.45, 2.75) is 123 Å². The lowest BCUT2D eigenvalue weighted by Gasteiger charge is -2.30. The van der Waals surface area contributed by atoms with E-state index >= 15 is 0 Å². The average Bonchev–Trinajstić information content (AvgIpc) is 2.67. The summed E-state index contributed by atoms with van der Waals surface area (Å²) in [5, 5.41) is 0. The van der Waals surface area contributed by atoms with Gasteiger partial charge in [-0.05, 0) is 25.7 Å². The summed E-state index contributed by atoms with van der Waals surface area (Å²) >= 11 is 0. The molecule has 0 aromatic rings. The molecule has 0 aliphatic heterocycles. The summed E-state index contributed by atoms with van der Waals surface area (Å²) in [6, 6.07) is 0.956. The van der Waals surface area contributed by atoms with Crippen molar-refractivity contribution in [1.29, 1.82) is 0 Å². The topological polar surface area (TPSA) is 27.7 Å². The van der Waals surface area contributed by atoms with Gasteiger partial charge in [0.25, 0.3) is 0 Å². The third-order valence-corrected chi connectivity index (χ3v) is 7.84. The van der Waals surface area contributed by atoms with Gasteiger partial charge in [0.15, 0.2) is 0 Å². The minimum absolute atomic E-state index is 0.792. The van der Waals surface area contributed by atoms with Gasteiger partial charge < -0.3 is 13.3 Å². The Hall–Kier alpha value is 0.0969. The summed E-state index contributed by atoms with van der Waals surface area (Å²) < 4.78 is 19.2. The molecule has 0 saturated heterocycles. The molecule has 0 bridgehead atoms. The Morgan fingerprint density at radius 2 is 0.926 bits per heavy atom. The van der Waals surface area contributed by atoms with Crippen LogP contribution in [0.4, 0.5) is 0 Å². The molecule has 0 N–H and O–H groups in total. The maximum absolute atomic E-state index is 6.41. The monoisotopic (exact) mass is 401 g/mol. The number of rotatable bonds is 22. The van der Waals surface area contributed by atoms with Crippen molar-refractivity contribution < 1.29 is 13.3 Å². The van der Waals surface area contributed by atoms with Gasteiger partial charge >= 0.3 is 8.80 Å². The van der Waals surface area contributed by atoms with Gasteiger partial charge in [0, 0.05) is 25.9 Å². The third-order valence-electron chi connectivity index (χ3n) is 4.94. The van der Waals surface area contributed by atoms with E-state index in [-0.39, 0.29) is 0 Å². The minimum Gasteiger partial charge on any atom is -0.373 e. The SMILES string of the molecule is [CH2]CCCC[Si](OCCCCCC)(OCCCCCC)OCCCCCC. The molecule has 0 spiro atoms. The maximum atomic E-state index is 6.41. The summed E-state index contributed by atoms with van der Waals surface area (Å²) in [6.07, 6.45) is 17.9. The summed E-state index contributed by atoms with van der Waals surface area (Å²) in [5.74, 6) is 0. The standard InChI is InChI=1S/C23H49O3Si/c1-5-9-13-16-20-24-27(23-19-12-8-4,25-21-17-14-10-6-2)26-22-18-15-11-7-3/h4-23H2,1-3H3. The molecular weight excluding hydrogens is 352 g/mol. The van der Waals surface area contributed by atoms with E-state index in [1.165, 1.54) is 57.8 Å². The molecule has 0 saturated carbocycles. The Morgan fingerprint density at radius 3 is 1.26 bits per heavy atom. The first-order valence-corrected chi connectivity index (χ1v) is 13.9. The van der Waals surface area contributed by atoms with Crippen LogP contribution in [0.2, 0.25) is 6.04 Å². The molecule has 3 nitrogen and oxygen atoms in total. The third kappa shape index (κ3) is 16.7. The Bertz CT molecular complexity index is 251. The van der Waals surface area contributed by atoms with E-state index in [9.17, 15) is 0 Å². The van der Waals surface area contributed by atoms with Crippen LogP contribution in [0.3, 0.4) is 0 Å². The molecule has 0 unspecified atom stereocenters. The summed E-state index contributed by atoms with van der Waals surface area (Å²) in [4.78, 5) is 0. The van der Waals surface area contributed by atoms with Gasteiger partial charge in [-0.2, -0.15) is 0 Å². The van der Waals surface area contributed by atoms with Crippen molar-refractivity contribution in [3.8, 4) is 0 Å². The first-order valence-electron chi connectivity index (χ1n) is 12.0. The average molecular weight is 402 g/mol. The molecule has 0 amide bonds. The molecule has 0 aliphatic rings. The summed E-state index contributed by atoms with van der Waals surface area (Å²) in [7, 11) is -2.54. The number of unbranched alkanes of at least 4 members (excludes halogenated alkanes) is 11. The lowest BCUT2D eigenvalue weighted by atomic mass is 10.2. The summed E-state index contributed by atoms with van der Waals surface area (Å²) in [5.41, 5.74) is 0. The zero-order valence-corrected chi connectivity index (χ0v) is 19.9. The lowest BCUT2D eigenvalue weighted by molar-refractivity contribution is 0.0547. The second kappa shape index (κ2) is 20.8. The second-order valence-electron chi connectivity index (χ2n) is 7.72. The molecule has 4 heteroatoms. The minimum atomic E-state index is -2.54. The van der Waals surface area contributed by atoms with Crippen LogP contribution in [-0.4, -0.2) is 28.6 Å². The maximum Gasteiger partial charge on any atom is 0.500 e. The largest absolute Gasteiger partial charge is 0.500 e. The molecule has 0 atom stereocenters. The molecule has 0 aliphatic carbocycles. The lowest BCUT2D eigenvalue weighted by Crippen LogP contribution is -2.46. The fourth-order valence-electron chi connectivity index (χ4n) is 3.13. The van der Waals surface area contributed by atoms with Gasteiger partial charge in [-0.1, -0.05) is 98.3 Å². The fraction of sp³-hybridized carbons (Fsp3) is 0.957. The van der Waals surface area contributed by atoms with Crippen LogP contribution in [0, 0.1) is 6.92 Å². The van der Waals surface area contributed by atoms with Gasteiger partial charge in [0.2, 0.25) is 0 Å². The van der Waals surface area contributed by atoms with Gasteiger partial charge in [-0.3, -0.25) is 0 Å². The zero-order chi connectivity index (χ0) is 20.1. The second-order valence-corrected chi connectivity index (χ2v) is 10.5. The van der Waals surface area contributed by atoms with Gasteiger partial charge in [-0.15, -0.1) is 0 Å². The van der Waals surface area contributed by atoms with Crippen LogP contribution in [0.1, 0.15) is 117 Å². The van der Waals surface area contributed by atoms with Crippen LogP contribution in [-0.2, 0) is 13.3 Å². The molecule has 27 heavy (non-hydrogen) atoms.